The van der Waals surface area contributed by atoms with Crippen LogP contribution in [-0.2, 0) is 11.2 Å². The number of aromatic nitrogens is 2. The van der Waals surface area contributed by atoms with Crippen LogP contribution >= 0.6 is 0 Å². The number of carboxylic acids is 1. The van der Waals surface area contributed by atoms with Gasteiger partial charge in [-0.2, -0.15) is 4.98 Å². The molecular formula is C8H12N4O4. The summed E-state index contributed by atoms with van der Waals surface area (Å²) in [6, 6.07) is -0.412. The third-order valence-electron chi connectivity index (χ3n) is 1.67. The van der Waals surface area contributed by atoms with Gasteiger partial charge < -0.3 is 20.3 Å². The minimum Gasteiger partial charge on any atom is -0.481 e. The normalized spacial score (nSPS) is 9.75. The Balaban J connectivity index is 2.04. The summed E-state index contributed by atoms with van der Waals surface area (Å²) in [6.45, 7) is 0.460. The summed E-state index contributed by atoms with van der Waals surface area (Å²) in [5.74, 6) is -0.446. The Morgan fingerprint density at radius 2 is 2.12 bits per heavy atom. The fraction of sp³-hybridized carbons (Fsp3) is 0.500. The van der Waals surface area contributed by atoms with E-state index in [-0.39, 0.29) is 13.0 Å². The first-order chi connectivity index (χ1) is 7.68. The largest absolute Gasteiger partial charge is 0.481 e. The molecule has 0 atom stereocenters. The predicted molar refractivity (Wildman–Crippen MR) is 51.7 cm³/mol. The molecule has 0 spiro atoms. The second kappa shape index (κ2) is 6.38. The fourth-order valence-electron chi connectivity index (χ4n) is 0.936. The minimum atomic E-state index is -0.952. The summed E-state index contributed by atoms with van der Waals surface area (Å²) >= 11 is 0. The van der Waals surface area contributed by atoms with Crippen LogP contribution in [0.15, 0.2) is 10.9 Å². The second-order valence-electron chi connectivity index (χ2n) is 2.92. The van der Waals surface area contributed by atoms with Gasteiger partial charge in [-0.25, -0.2) is 4.79 Å². The molecule has 1 aromatic heterocycles. The van der Waals surface area contributed by atoms with Gasteiger partial charge in [0, 0.05) is 19.5 Å². The Kier molecular flexibility index (Phi) is 4.77. The highest BCUT2D eigenvalue weighted by Crippen LogP contribution is 1.87. The van der Waals surface area contributed by atoms with Crippen LogP contribution in [0.25, 0.3) is 0 Å². The first-order valence-corrected chi connectivity index (χ1v) is 4.67. The lowest BCUT2D eigenvalue weighted by Gasteiger charge is -2.04. The summed E-state index contributed by atoms with van der Waals surface area (Å²) in [5.41, 5.74) is 0. The average Bonchev–Trinajstić information content (AvgIpc) is 2.70. The van der Waals surface area contributed by atoms with Crippen molar-refractivity contribution in [3.8, 4) is 0 Å². The van der Waals surface area contributed by atoms with Crippen molar-refractivity contribution in [2.75, 3.05) is 13.1 Å². The van der Waals surface area contributed by atoms with Crippen molar-refractivity contribution in [2.45, 2.75) is 12.8 Å². The van der Waals surface area contributed by atoms with Gasteiger partial charge in [-0.15, -0.1) is 0 Å². The van der Waals surface area contributed by atoms with Crippen molar-refractivity contribution in [2.24, 2.45) is 0 Å². The molecule has 0 aromatic carbocycles. The Labute approximate surface area is 91.0 Å². The highest BCUT2D eigenvalue weighted by Gasteiger charge is 2.02. The SMILES string of the molecule is O=C(O)CCNC(=O)NCCc1ncon1. The number of carboxylic acid groups (broad SMARTS) is 1. The van der Waals surface area contributed by atoms with Crippen LogP contribution < -0.4 is 10.6 Å². The van der Waals surface area contributed by atoms with Crippen LogP contribution in [0.2, 0.25) is 0 Å². The van der Waals surface area contributed by atoms with Crippen LogP contribution in [0.1, 0.15) is 12.2 Å². The predicted octanol–water partition coefficient (Wildman–Crippen LogP) is -0.614. The maximum absolute atomic E-state index is 11.1. The highest BCUT2D eigenvalue weighted by atomic mass is 16.5. The van der Waals surface area contributed by atoms with Gasteiger partial charge in [0.1, 0.15) is 0 Å². The number of rotatable bonds is 6. The van der Waals surface area contributed by atoms with E-state index in [1.165, 1.54) is 6.39 Å². The Bertz CT molecular complexity index is 338. The number of hydrogen-bond acceptors (Lipinski definition) is 5. The van der Waals surface area contributed by atoms with Crippen molar-refractivity contribution >= 4 is 12.0 Å². The number of carbonyl (C=O) groups is 2. The van der Waals surface area contributed by atoms with Crippen molar-refractivity contribution in [3.63, 3.8) is 0 Å². The number of nitrogens with one attached hydrogen (secondary N) is 2. The molecular weight excluding hydrogens is 216 g/mol. The van der Waals surface area contributed by atoms with Crippen LogP contribution in [0.5, 0.6) is 0 Å². The molecule has 0 aliphatic carbocycles. The second-order valence-corrected chi connectivity index (χ2v) is 2.92. The lowest BCUT2D eigenvalue weighted by atomic mass is 10.4. The zero-order valence-corrected chi connectivity index (χ0v) is 8.47. The van der Waals surface area contributed by atoms with E-state index in [9.17, 15) is 9.59 Å². The van der Waals surface area contributed by atoms with E-state index in [1.54, 1.807) is 0 Å². The van der Waals surface area contributed by atoms with E-state index >= 15 is 0 Å². The van der Waals surface area contributed by atoms with E-state index < -0.39 is 12.0 Å². The summed E-state index contributed by atoms with van der Waals surface area (Å²) in [6.07, 6.45) is 1.57. The smallest absolute Gasteiger partial charge is 0.314 e. The molecule has 8 heteroatoms. The molecule has 3 N–H and O–H groups in total. The fourth-order valence-corrected chi connectivity index (χ4v) is 0.936. The third-order valence-corrected chi connectivity index (χ3v) is 1.67. The topological polar surface area (TPSA) is 117 Å². The van der Waals surface area contributed by atoms with Gasteiger partial charge in [0.2, 0.25) is 6.39 Å². The maximum atomic E-state index is 11.1. The molecule has 0 saturated carbocycles. The van der Waals surface area contributed by atoms with Gasteiger partial charge >= 0.3 is 12.0 Å². The molecule has 0 unspecified atom stereocenters. The zero-order chi connectivity index (χ0) is 11.8. The molecule has 0 bridgehead atoms. The Morgan fingerprint density at radius 1 is 1.38 bits per heavy atom. The molecule has 8 nitrogen and oxygen atoms in total. The van der Waals surface area contributed by atoms with Crippen LogP contribution in [0.4, 0.5) is 4.79 Å². The van der Waals surface area contributed by atoms with Gasteiger partial charge in [-0.1, -0.05) is 5.16 Å². The van der Waals surface area contributed by atoms with Crippen LogP contribution in [-0.4, -0.2) is 40.3 Å². The quantitative estimate of drug-likeness (QED) is 0.597. The molecule has 88 valence electrons. The molecule has 2 amide bonds. The molecule has 0 aliphatic rings. The summed E-state index contributed by atoms with van der Waals surface area (Å²) < 4.78 is 4.51. The molecule has 0 fully saturated rings. The van der Waals surface area contributed by atoms with Crippen molar-refractivity contribution in [3.05, 3.63) is 12.2 Å². The molecule has 0 aliphatic heterocycles. The lowest BCUT2D eigenvalue weighted by Crippen LogP contribution is -2.37. The maximum Gasteiger partial charge on any atom is 0.314 e. The number of hydrogen-bond donors (Lipinski definition) is 3. The minimum absolute atomic E-state index is 0.0989. The number of amides is 2. The van der Waals surface area contributed by atoms with E-state index in [0.29, 0.717) is 18.8 Å². The molecule has 1 aromatic rings. The highest BCUT2D eigenvalue weighted by molar-refractivity contribution is 5.74. The Hall–Kier alpha value is -2.12. The third kappa shape index (κ3) is 4.94. The summed E-state index contributed by atoms with van der Waals surface area (Å²) in [4.78, 5) is 25.0. The van der Waals surface area contributed by atoms with Gasteiger partial charge in [0.05, 0.1) is 6.42 Å². The van der Waals surface area contributed by atoms with Crippen LogP contribution in [0.3, 0.4) is 0 Å². The number of nitrogens with zero attached hydrogens (tertiary/aromatic N) is 2. The van der Waals surface area contributed by atoms with Crippen molar-refractivity contribution in [1.82, 2.24) is 20.8 Å². The number of carbonyl (C=O) groups excluding carboxylic acids is 1. The van der Waals surface area contributed by atoms with Crippen molar-refractivity contribution in [1.29, 1.82) is 0 Å². The van der Waals surface area contributed by atoms with Crippen molar-refractivity contribution < 1.29 is 19.2 Å². The average molecular weight is 228 g/mol. The number of urea groups is 1. The summed E-state index contributed by atoms with van der Waals surface area (Å²) in [5, 5.41) is 16.8. The van der Waals surface area contributed by atoms with Gasteiger partial charge in [-0.05, 0) is 0 Å². The van der Waals surface area contributed by atoms with Crippen LogP contribution in [0, 0.1) is 0 Å². The molecule has 0 saturated heterocycles. The van der Waals surface area contributed by atoms with Gasteiger partial charge in [0.25, 0.3) is 0 Å². The number of aliphatic carboxylic acids is 1. The Morgan fingerprint density at radius 3 is 2.75 bits per heavy atom. The van der Waals surface area contributed by atoms with E-state index in [2.05, 4.69) is 25.3 Å². The zero-order valence-electron chi connectivity index (χ0n) is 8.47. The molecule has 1 heterocycles. The first-order valence-electron chi connectivity index (χ1n) is 4.67. The van der Waals surface area contributed by atoms with Gasteiger partial charge in [0.15, 0.2) is 5.82 Å². The molecule has 1 rings (SSSR count). The van der Waals surface area contributed by atoms with E-state index in [1.807, 2.05) is 0 Å². The van der Waals surface area contributed by atoms with E-state index in [4.69, 9.17) is 5.11 Å². The summed E-state index contributed by atoms with van der Waals surface area (Å²) in [7, 11) is 0. The first kappa shape index (κ1) is 12.0. The monoisotopic (exact) mass is 228 g/mol. The molecule has 16 heavy (non-hydrogen) atoms. The van der Waals surface area contributed by atoms with Gasteiger partial charge in [-0.3, -0.25) is 4.79 Å². The standard InChI is InChI=1S/C8H12N4O4/c13-7(14)2-4-10-8(15)9-3-1-6-11-5-16-12-6/h5H,1-4H2,(H,13,14)(H2,9,10,15). The van der Waals surface area contributed by atoms with E-state index in [0.717, 1.165) is 0 Å². The lowest BCUT2D eigenvalue weighted by molar-refractivity contribution is -0.136. The molecule has 0 radical (unpaired) electrons.